The average molecular weight is 1450 g/mol. The van der Waals surface area contributed by atoms with E-state index in [1.165, 1.54) is 238 Å². The van der Waals surface area contributed by atoms with Crippen molar-refractivity contribution in [2.75, 3.05) is 39.6 Å². The van der Waals surface area contributed by atoms with E-state index in [1.807, 2.05) is 0 Å². The lowest BCUT2D eigenvalue weighted by Crippen LogP contribution is -2.30. The number of carbonyl (C=O) groups excluding carboxylic acids is 4. The van der Waals surface area contributed by atoms with Crippen molar-refractivity contribution in [2.45, 2.75) is 439 Å². The summed E-state index contributed by atoms with van der Waals surface area (Å²) in [5, 5.41) is 10.6. The van der Waals surface area contributed by atoms with E-state index in [4.69, 9.17) is 37.0 Å². The number of aliphatic hydroxyl groups excluding tert-OH is 1. The van der Waals surface area contributed by atoms with Crippen LogP contribution in [0.3, 0.4) is 0 Å². The van der Waals surface area contributed by atoms with Crippen molar-refractivity contribution in [3.8, 4) is 0 Å². The summed E-state index contributed by atoms with van der Waals surface area (Å²) >= 11 is 0. The fourth-order valence-electron chi connectivity index (χ4n) is 12.3. The summed E-state index contributed by atoms with van der Waals surface area (Å²) in [5.41, 5.74) is 0. The van der Waals surface area contributed by atoms with E-state index >= 15 is 0 Å². The van der Waals surface area contributed by atoms with Crippen molar-refractivity contribution < 1.29 is 80.2 Å². The molecule has 0 aromatic heterocycles. The number of aliphatic hydroxyl groups is 1. The van der Waals surface area contributed by atoms with E-state index in [2.05, 4.69) is 41.5 Å². The molecule has 0 aliphatic carbocycles. The molecule has 19 heteroatoms. The number of unbranched alkanes of at least 4 members (excludes halogenated alkanes) is 48. The Kier molecular flexibility index (Phi) is 70.3. The monoisotopic (exact) mass is 1450 g/mol. The van der Waals surface area contributed by atoms with Crippen LogP contribution in [0.25, 0.3) is 0 Å². The third-order valence-electron chi connectivity index (χ3n) is 19.1. The van der Waals surface area contributed by atoms with Gasteiger partial charge < -0.3 is 33.8 Å². The molecule has 0 aliphatic rings. The van der Waals surface area contributed by atoms with Crippen molar-refractivity contribution in [2.24, 2.45) is 11.8 Å². The smallest absolute Gasteiger partial charge is 0.462 e. The third-order valence-corrected chi connectivity index (χ3v) is 21.0. The van der Waals surface area contributed by atoms with Crippen molar-refractivity contribution >= 4 is 39.5 Å². The minimum atomic E-state index is -4.96. The number of hydrogen-bond acceptors (Lipinski definition) is 15. The van der Waals surface area contributed by atoms with Gasteiger partial charge in [0.2, 0.25) is 0 Å². The van der Waals surface area contributed by atoms with E-state index in [1.54, 1.807) is 0 Å². The Balaban J connectivity index is 5.26. The Morgan fingerprint density at radius 3 is 0.768 bits per heavy atom. The molecule has 0 saturated carbocycles. The van der Waals surface area contributed by atoms with Gasteiger partial charge in [0.1, 0.15) is 19.3 Å². The zero-order valence-electron chi connectivity index (χ0n) is 64.8. The minimum Gasteiger partial charge on any atom is -0.462 e. The lowest BCUT2D eigenvalue weighted by Gasteiger charge is -2.21. The Labute approximate surface area is 607 Å². The van der Waals surface area contributed by atoms with E-state index < -0.39 is 97.5 Å². The molecular weight excluding hydrogens is 1290 g/mol. The van der Waals surface area contributed by atoms with Crippen molar-refractivity contribution in [1.29, 1.82) is 0 Å². The molecule has 3 N–H and O–H groups in total. The van der Waals surface area contributed by atoms with E-state index in [9.17, 15) is 43.2 Å². The fourth-order valence-corrected chi connectivity index (χ4v) is 13.9. The molecule has 0 radical (unpaired) electrons. The average Bonchev–Trinajstić information content (AvgIpc) is 0.991. The van der Waals surface area contributed by atoms with Gasteiger partial charge in [-0.05, 0) is 37.5 Å². The first-order valence-electron chi connectivity index (χ1n) is 41.5. The van der Waals surface area contributed by atoms with Gasteiger partial charge in [0, 0.05) is 25.7 Å². The van der Waals surface area contributed by atoms with Crippen LogP contribution < -0.4 is 0 Å². The van der Waals surface area contributed by atoms with Gasteiger partial charge in [0.15, 0.2) is 12.2 Å². The quantitative estimate of drug-likeness (QED) is 0.0222. The number of carbonyl (C=O) groups is 4. The van der Waals surface area contributed by atoms with Crippen LogP contribution in [-0.2, 0) is 65.4 Å². The summed E-state index contributed by atoms with van der Waals surface area (Å²) in [7, 11) is -9.92. The molecule has 3 unspecified atom stereocenters. The summed E-state index contributed by atoms with van der Waals surface area (Å²) in [6, 6.07) is 0. The van der Waals surface area contributed by atoms with Crippen LogP contribution in [-0.4, -0.2) is 96.7 Å². The largest absolute Gasteiger partial charge is 0.472 e. The molecule has 0 amide bonds. The molecule has 0 aromatic rings. The van der Waals surface area contributed by atoms with Crippen molar-refractivity contribution in [3.63, 3.8) is 0 Å². The van der Waals surface area contributed by atoms with Gasteiger partial charge in [-0.3, -0.25) is 37.3 Å². The number of phosphoric ester groups is 2. The maximum Gasteiger partial charge on any atom is 0.472 e. The molecule has 6 atom stereocenters. The van der Waals surface area contributed by atoms with Gasteiger partial charge >= 0.3 is 39.5 Å². The zero-order valence-corrected chi connectivity index (χ0v) is 66.6. The van der Waals surface area contributed by atoms with E-state index in [0.717, 1.165) is 102 Å². The predicted octanol–water partition coefficient (Wildman–Crippen LogP) is 23.9. The summed E-state index contributed by atoms with van der Waals surface area (Å²) in [6.45, 7) is 9.67. The van der Waals surface area contributed by atoms with Crippen LogP contribution in [0, 0.1) is 11.8 Å². The second-order valence-corrected chi connectivity index (χ2v) is 32.4. The maximum absolute atomic E-state index is 13.1. The molecule has 0 saturated heterocycles. The molecule has 0 spiro atoms. The van der Waals surface area contributed by atoms with Gasteiger partial charge in [-0.1, -0.05) is 369 Å². The van der Waals surface area contributed by atoms with Crippen LogP contribution in [0.1, 0.15) is 420 Å². The highest BCUT2D eigenvalue weighted by molar-refractivity contribution is 7.47. The Bertz CT molecular complexity index is 1910. The minimum absolute atomic E-state index is 0.108. The van der Waals surface area contributed by atoms with E-state index in [0.29, 0.717) is 25.7 Å². The first kappa shape index (κ1) is 97.1. The predicted molar refractivity (Wildman–Crippen MR) is 405 cm³/mol. The summed E-state index contributed by atoms with van der Waals surface area (Å²) in [5.74, 6) is -0.517. The topological polar surface area (TPSA) is 237 Å². The molecule has 0 aliphatic heterocycles. The number of rotatable bonds is 79. The standard InChI is InChI=1S/C80H156O17P2/c1-7-10-12-14-16-18-20-22-24-29-32-38-44-50-56-62-77(82)90-68-75(96-80(85)65-59-53-47-40-34-30-26-25-27-31-37-43-49-55-61-73(6)9-3)70-94-98(86,87)92-66-74(81)67-93-99(88,89)95-71-76(69-91-78(83)63-57-51-45-41-35-36-42-48-54-60-72(4)5)97-79(84)64-58-52-46-39-33-28-23-21-19-17-15-13-11-8-2/h72-76,81H,7-71H2,1-6H3,(H,86,87)(H,88,89)/t73?,74-,75-,76-/m1/s1. The Morgan fingerprint density at radius 2 is 0.515 bits per heavy atom. The van der Waals surface area contributed by atoms with Crippen LogP contribution in [0.2, 0.25) is 0 Å². The van der Waals surface area contributed by atoms with Crippen molar-refractivity contribution in [1.82, 2.24) is 0 Å². The number of hydrogen-bond donors (Lipinski definition) is 3. The molecule has 0 fully saturated rings. The van der Waals surface area contributed by atoms with Crippen LogP contribution in [0.15, 0.2) is 0 Å². The second kappa shape index (κ2) is 71.7. The highest BCUT2D eigenvalue weighted by Crippen LogP contribution is 2.45. The normalized spacial score (nSPS) is 14.2. The van der Waals surface area contributed by atoms with Crippen LogP contribution in [0.5, 0.6) is 0 Å². The molecule has 0 aromatic carbocycles. The van der Waals surface area contributed by atoms with Gasteiger partial charge in [-0.25, -0.2) is 9.13 Å². The molecule has 0 rings (SSSR count). The van der Waals surface area contributed by atoms with Gasteiger partial charge in [-0.2, -0.15) is 0 Å². The Hall–Kier alpha value is -1.94. The number of phosphoric acid groups is 2. The fraction of sp³-hybridized carbons (Fsp3) is 0.950. The molecule has 17 nitrogen and oxygen atoms in total. The number of ether oxygens (including phenoxy) is 4. The second-order valence-electron chi connectivity index (χ2n) is 29.5. The first-order chi connectivity index (χ1) is 47.9. The number of esters is 4. The highest BCUT2D eigenvalue weighted by atomic mass is 31.2. The van der Waals surface area contributed by atoms with Crippen LogP contribution >= 0.6 is 15.6 Å². The molecule has 0 bridgehead atoms. The summed E-state index contributed by atoms with van der Waals surface area (Å²) < 4.78 is 68.7. The Morgan fingerprint density at radius 1 is 0.293 bits per heavy atom. The van der Waals surface area contributed by atoms with Gasteiger partial charge in [0.05, 0.1) is 26.4 Å². The summed E-state index contributed by atoms with van der Waals surface area (Å²) in [6.07, 6.45) is 60.8. The van der Waals surface area contributed by atoms with Gasteiger partial charge in [0.25, 0.3) is 0 Å². The highest BCUT2D eigenvalue weighted by Gasteiger charge is 2.30. The van der Waals surface area contributed by atoms with E-state index in [-0.39, 0.29) is 25.7 Å². The first-order valence-corrected chi connectivity index (χ1v) is 44.5. The molecular formula is C80H156O17P2. The van der Waals surface area contributed by atoms with Crippen LogP contribution in [0.4, 0.5) is 0 Å². The summed E-state index contributed by atoms with van der Waals surface area (Å²) in [4.78, 5) is 73.0. The van der Waals surface area contributed by atoms with Crippen molar-refractivity contribution in [3.05, 3.63) is 0 Å². The third kappa shape index (κ3) is 72.8. The molecule has 588 valence electrons. The molecule has 0 heterocycles. The van der Waals surface area contributed by atoms with Gasteiger partial charge in [-0.15, -0.1) is 0 Å². The SMILES string of the molecule is CCCCCCCCCCCCCCCCCC(=O)OC[C@H](COP(=O)(O)OC[C@@H](O)COP(=O)(O)OC[C@@H](COC(=O)CCCCCCCCCCCC(C)C)OC(=O)CCCCCCCCCCCCCCCC)OC(=O)CCCCCCCCCCCCCCCCC(C)CC. The molecule has 99 heavy (non-hydrogen) atoms. The lowest BCUT2D eigenvalue weighted by molar-refractivity contribution is -0.161. The maximum atomic E-state index is 13.1. The zero-order chi connectivity index (χ0) is 72.8. The lowest BCUT2D eigenvalue weighted by atomic mass is 9.99.